The van der Waals surface area contributed by atoms with Gasteiger partial charge in [-0.1, -0.05) is 60.7 Å². The molecule has 27 heavy (non-hydrogen) atoms. The fourth-order valence-corrected chi connectivity index (χ4v) is 2.96. The largest absolute Gasteiger partial charge is 0.406 e. The van der Waals surface area contributed by atoms with Crippen molar-refractivity contribution in [3.63, 3.8) is 0 Å². The third-order valence-corrected chi connectivity index (χ3v) is 4.06. The molecule has 0 unspecified atom stereocenters. The van der Waals surface area contributed by atoms with E-state index in [0.29, 0.717) is 0 Å². The van der Waals surface area contributed by atoms with Gasteiger partial charge in [0.05, 0.1) is 0 Å². The first-order valence-electron chi connectivity index (χ1n) is 7.20. The molecule has 0 amide bonds. The van der Waals surface area contributed by atoms with Gasteiger partial charge in [-0.2, -0.15) is 13.2 Å². The van der Waals surface area contributed by atoms with Gasteiger partial charge in [0.25, 0.3) is 0 Å². The number of alkyl halides is 4. The first kappa shape index (κ1) is 20.3. The average molecular weight is 392 g/mol. The molecule has 2 rings (SSSR count). The highest BCUT2D eigenvalue weighted by Crippen LogP contribution is 2.55. The van der Waals surface area contributed by atoms with Crippen LogP contribution in [-0.4, -0.2) is 23.8 Å². The Balaban J connectivity index is 3.08. The van der Waals surface area contributed by atoms with E-state index in [1.54, 1.807) is 0 Å². The highest BCUT2D eigenvalue weighted by atomic mass is 19.4. The summed E-state index contributed by atoms with van der Waals surface area (Å²) in [6, 6.07) is 9.74. The minimum atomic E-state index is -5.74. The molecule has 0 radical (unpaired) electrons. The molecule has 0 heterocycles. The van der Waals surface area contributed by atoms with Gasteiger partial charge in [0.2, 0.25) is 0 Å². The molecule has 0 aliphatic rings. The smallest absolute Gasteiger partial charge is 0.250 e. The molecule has 10 heteroatoms. The summed E-state index contributed by atoms with van der Waals surface area (Å²) in [5.74, 6) is -5.84. The predicted octanol–water partition coefficient (Wildman–Crippen LogP) is 4.10. The maximum Gasteiger partial charge on any atom is 0.406 e. The number of hydrogen-bond donors (Lipinski definition) is 0. The number of carbonyl (C=O) groups is 2. The van der Waals surface area contributed by atoms with E-state index in [4.69, 9.17) is 0 Å². The van der Waals surface area contributed by atoms with Gasteiger partial charge in [-0.25, -0.2) is 14.0 Å². The van der Waals surface area contributed by atoms with Gasteiger partial charge in [0, 0.05) is 9.05 Å². The first-order valence-corrected chi connectivity index (χ1v) is 7.20. The molecule has 4 nitrogen and oxygen atoms in total. The van der Waals surface area contributed by atoms with Crippen LogP contribution in [0.1, 0.15) is 11.1 Å². The highest BCUT2D eigenvalue weighted by Gasteiger charge is 2.78. The fourth-order valence-electron chi connectivity index (χ4n) is 2.96. The maximum atomic E-state index is 15.6. The lowest BCUT2D eigenvalue weighted by Gasteiger charge is -2.42. The second-order valence-electron chi connectivity index (χ2n) is 5.37. The molecule has 0 atom stereocenters. The third kappa shape index (κ3) is 2.90. The summed E-state index contributed by atoms with van der Waals surface area (Å²) in [6.07, 6.45) is -5.74. The van der Waals surface area contributed by atoms with Gasteiger partial charge in [0.15, 0.2) is 5.41 Å². The molecule has 0 saturated carbocycles. The molecule has 0 aromatic heterocycles. The van der Waals surface area contributed by atoms with E-state index in [1.165, 1.54) is 12.1 Å². The van der Waals surface area contributed by atoms with Gasteiger partial charge >= 0.3 is 23.8 Å². The molecular weight excluding hydrogens is 382 g/mol. The van der Waals surface area contributed by atoms with Crippen molar-refractivity contribution in [2.45, 2.75) is 17.3 Å². The Morgan fingerprint density at radius 1 is 0.667 bits per heavy atom. The van der Waals surface area contributed by atoms with Crippen molar-refractivity contribution >= 4 is 11.9 Å². The lowest BCUT2D eigenvalue weighted by Crippen LogP contribution is -2.66. The quantitative estimate of drug-likeness (QED) is 0.568. The average Bonchev–Trinajstić information content (AvgIpc) is 2.67. The van der Waals surface area contributed by atoms with E-state index >= 15 is 4.39 Å². The Labute approximate surface area is 148 Å². The molecule has 2 aromatic carbocycles. The van der Waals surface area contributed by atoms with E-state index in [9.17, 15) is 31.8 Å². The Morgan fingerprint density at radius 3 is 1.26 bits per heavy atom. The van der Waals surface area contributed by atoms with Crippen LogP contribution in [-0.2, 0) is 24.9 Å². The zero-order chi connectivity index (χ0) is 20.3. The topological polar surface area (TPSA) is 52.6 Å². The molecule has 0 aliphatic carbocycles. The molecule has 0 aliphatic heterocycles. The monoisotopic (exact) mass is 392 g/mol. The number of rotatable bonds is 5. The van der Waals surface area contributed by atoms with Crippen molar-refractivity contribution < 1.29 is 46.1 Å². The first-order chi connectivity index (χ1) is 12.7. The number of hydrogen-bond acceptors (Lipinski definition) is 4. The fraction of sp³-hybridized carbons (Fsp3) is 0.176. The van der Waals surface area contributed by atoms with Crippen molar-refractivity contribution in [1.29, 1.82) is 0 Å². The SMILES string of the molecule is O=C(OF)C(F)(C(=O)OF)C(c1ccccc1)(c1ccccc1)C(F)(F)F. The van der Waals surface area contributed by atoms with Crippen molar-refractivity contribution in [1.82, 2.24) is 0 Å². The summed E-state index contributed by atoms with van der Waals surface area (Å²) in [6.45, 7) is 0. The second kappa shape index (κ2) is 7.29. The second-order valence-corrected chi connectivity index (χ2v) is 5.37. The van der Waals surface area contributed by atoms with Crippen molar-refractivity contribution in [3.8, 4) is 0 Å². The van der Waals surface area contributed by atoms with Crippen LogP contribution >= 0.6 is 0 Å². The highest BCUT2D eigenvalue weighted by molar-refractivity contribution is 6.06. The van der Waals surface area contributed by atoms with E-state index in [2.05, 4.69) is 9.88 Å². The summed E-state index contributed by atoms with van der Waals surface area (Å²) in [4.78, 5) is 28.7. The van der Waals surface area contributed by atoms with Crippen molar-refractivity contribution in [2.24, 2.45) is 0 Å². The lowest BCUT2D eigenvalue weighted by atomic mass is 9.63. The van der Waals surface area contributed by atoms with E-state index in [1.807, 2.05) is 0 Å². The third-order valence-electron chi connectivity index (χ3n) is 4.06. The Bertz CT molecular complexity index is 752. The summed E-state index contributed by atoms with van der Waals surface area (Å²) in [5, 5.41) is 0. The number of benzene rings is 2. The minimum Gasteiger partial charge on any atom is -0.250 e. The zero-order valence-electron chi connectivity index (χ0n) is 13.2. The zero-order valence-corrected chi connectivity index (χ0v) is 13.2. The van der Waals surface area contributed by atoms with Crippen LogP contribution < -0.4 is 0 Å². The van der Waals surface area contributed by atoms with Crippen LogP contribution in [0.3, 0.4) is 0 Å². The molecular formula is C17H10F6O4. The summed E-state index contributed by atoms with van der Waals surface area (Å²) >= 11 is 0. The minimum absolute atomic E-state index is 0.742. The molecule has 0 fully saturated rings. The van der Waals surface area contributed by atoms with Crippen LogP contribution in [0, 0.1) is 0 Å². The van der Waals surface area contributed by atoms with Crippen LogP contribution in [0.5, 0.6) is 0 Å². The van der Waals surface area contributed by atoms with Crippen LogP contribution in [0.15, 0.2) is 60.7 Å². The molecule has 144 valence electrons. The van der Waals surface area contributed by atoms with Gasteiger partial charge in [-0.05, 0) is 11.1 Å². The summed E-state index contributed by atoms with van der Waals surface area (Å²) in [5.41, 5.74) is -11.1. The molecule has 0 N–H and O–H groups in total. The van der Waals surface area contributed by atoms with Gasteiger partial charge < -0.3 is 0 Å². The van der Waals surface area contributed by atoms with Crippen LogP contribution in [0.2, 0.25) is 0 Å². The predicted molar refractivity (Wildman–Crippen MR) is 78.0 cm³/mol. The maximum absolute atomic E-state index is 15.6. The van der Waals surface area contributed by atoms with Gasteiger partial charge in [0.1, 0.15) is 0 Å². The molecule has 0 bridgehead atoms. The van der Waals surface area contributed by atoms with Gasteiger partial charge in [-0.15, -0.1) is 0 Å². The summed E-state index contributed by atoms with van der Waals surface area (Å²) in [7, 11) is 0. The Hall–Kier alpha value is -3.04. The normalized spacial score (nSPS) is 12.4. The van der Waals surface area contributed by atoms with Crippen LogP contribution in [0.4, 0.5) is 26.6 Å². The lowest BCUT2D eigenvalue weighted by molar-refractivity contribution is -0.254. The molecule has 0 spiro atoms. The standard InChI is InChI=1S/C17H10F6O4/c18-16(13(24)26-22,14(25)27-23)15(17(19,20)21,11-7-3-1-4-8-11)12-9-5-2-6-10-12/h1-10H. The Morgan fingerprint density at radius 2 is 1.00 bits per heavy atom. The number of carbonyl (C=O) groups excluding carboxylic acids is 2. The van der Waals surface area contributed by atoms with Crippen molar-refractivity contribution in [2.75, 3.05) is 0 Å². The summed E-state index contributed by atoms with van der Waals surface area (Å²) < 4.78 is 83.7. The Kier molecular flexibility index (Phi) is 5.48. The van der Waals surface area contributed by atoms with E-state index < -0.39 is 40.3 Å². The van der Waals surface area contributed by atoms with E-state index in [0.717, 1.165) is 48.5 Å². The van der Waals surface area contributed by atoms with Crippen molar-refractivity contribution in [3.05, 3.63) is 71.8 Å². The van der Waals surface area contributed by atoms with Gasteiger partial charge in [-0.3, -0.25) is 9.88 Å². The van der Waals surface area contributed by atoms with Crippen LogP contribution in [0.25, 0.3) is 0 Å². The molecule has 2 aromatic rings. The molecule has 0 saturated heterocycles. The van der Waals surface area contributed by atoms with E-state index in [-0.39, 0.29) is 0 Å². The number of halogens is 6.